The number of thiophene rings is 1. The van der Waals surface area contributed by atoms with Crippen LogP contribution in [-0.2, 0) is 0 Å². The topological polar surface area (TPSA) is 61.7 Å². The first-order valence-corrected chi connectivity index (χ1v) is 22.2. The number of nitrogens with zero attached hydrogens (tertiary/aromatic N) is 5. The number of fused-ring (bicyclic) bond motifs is 12. The molecule has 0 saturated heterocycles. The van der Waals surface area contributed by atoms with Gasteiger partial charge in [-0.15, -0.1) is 11.3 Å². The van der Waals surface area contributed by atoms with Gasteiger partial charge in [0.05, 0.1) is 22.1 Å². The fraction of sp³-hybridized carbons (Fsp3) is 0. The lowest BCUT2D eigenvalue weighted by molar-refractivity contribution is 0.669. The molecule has 0 radical (unpaired) electrons. The van der Waals surface area contributed by atoms with E-state index < -0.39 is 0 Å². The van der Waals surface area contributed by atoms with Crippen molar-refractivity contribution in [3.05, 3.63) is 200 Å². The van der Waals surface area contributed by atoms with E-state index in [4.69, 9.17) is 19.4 Å². The molecule has 14 rings (SSSR count). The maximum absolute atomic E-state index is 6.48. The summed E-state index contributed by atoms with van der Waals surface area (Å²) in [6, 6.07) is 70.9. The van der Waals surface area contributed by atoms with Gasteiger partial charge in [-0.05, 0) is 84.9 Å². The summed E-state index contributed by atoms with van der Waals surface area (Å²) in [5.74, 6) is 1.87. The Labute approximate surface area is 369 Å². The van der Waals surface area contributed by atoms with Gasteiger partial charge in [-0.3, -0.25) is 0 Å². The fourth-order valence-corrected chi connectivity index (χ4v) is 11.0. The summed E-state index contributed by atoms with van der Waals surface area (Å²) in [5.41, 5.74) is 11.3. The molecule has 5 aromatic heterocycles. The number of aromatic nitrogens is 5. The molecule has 0 N–H and O–H groups in total. The summed E-state index contributed by atoms with van der Waals surface area (Å²) in [6.07, 6.45) is 0. The van der Waals surface area contributed by atoms with Gasteiger partial charge in [-0.25, -0.2) is 15.0 Å². The molecule has 64 heavy (non-hydrogen) atoms. The minimum atomic E-state index is 0.606. The normalized spacial score (nSPS) is 12.1. The predicted octanol–water partition coefficient (Wildman–Crippen LogP) is 15.3. The van der Waals surface area contributed by atoms with Gasteiger partial charge in [0.15, 0.2) is 17.5 Å². The molecule has 0 bridgehead atoms. The molecule has 0 aliphatic rings. The van der Waals surface area contributed by atoms with Gasteiger partial charge < -0.3 is 13.6 Å². The third-order valence-electron chi connectivity index (χ3n) is 12.8. The molecule has 0 amide bonds. The Morgan fingerprint density at radius 3 is 1.50 bits per heavy atom. The van der Waals surface area contributed by atoms with Crippen LogP contribution in [0.4, 0.5) is 0 Å². The van der Waals surface area contributed by atoms with E-state index in [0.29, 0.717) is 17.5 Å². The molecule has 0 fully saturated rings. The Hall–Kier alpha value is -8.39. The molecule has 0 saturated carbocycles. The molecule has 7 heteroatoms. The molecule has 0 atom stereocenters. The fourth-order valence-electron chi connectivity index (χ4n) is 9.82. The van der Waals surface area contributed by atoms with Crippen LogP contribution >= 0.6 is 11.3 Å². The van der Waals surface area contributed by atoms with Crippen LogP contribution in [0, 0.1) is 0 Å². The minimum Gasteiger partial charge on any atom is -0.456 e. The zero-order valence-corrected chi connectivity index (χ0v) is 34.9. The third-order valence-corrected chi connectivity index (χ3v) is 13.9. The van der Waals surface area contributed by atoms with Crippen LogP contribution in [0.2, 0.25) is 0 Å². The van der Waals surface area contributed by atoms with Crippen molar-refractivity contribution in [2.45, 2.75) is 0 Å². The summed E-state index contributed by atoms with van der Waals surface area (Å²) in [5, 5.41) is 9.54. The molecule has 0 spiro atoms. The SMILES string of the molecule is c1ccc(-c2nc(-c3ccccc3)nc(-c3ccc4oc5ccc(-n6c7ccccc7c7cc(-n8c9ccccc9c9cc%10sc%11ccccc%11c%10cc98)ccc76)cc5c4c3)n2)cc1. The van der Waals surface area contributed by atoms with Gasteiger partial charge in [-0.1, -0.05) is 115 Å². The second-order valence-electron chi connectivity index (χ2n) is 16.4. The van der Waals surface area contributed by atoms with Gasteiger partial charge in [0.1, 0.15) is 11.2 Å². The van der Waals surface area contributed by atoms with Crippen LogP contribution in [0.15, 0.2) is 205 Å². The molecular formula is C57H33N5OS. The average molecular weight is 836 g/mol. The van der Waals surface area contributed by atoms with E-state index in [1.165, 1.54) is 52.8 Å². The van der Waals surface area contributed by atoms with E-state index in [2.05, 4.69) is 137 Å². The highest BCUT2D eigenvalue weighted by molar-refractivity contribution is 7.25. The number of furan rings is 1. The van der Waals surface area contributed by atoms with Crippen LogP contribution in [-0.4, -0.2) is 24.1 Å². The van der Waals surface area contributed by atoms with Gasteiger partial charge in [0.25, 0.3) is 0 Å². The van der Waals surface area contributed by atoms with Crippen molar-refractivity contribution in [2.75, 3.05) is 0 Å². The van der Waals surface area contributed by atoms with E-state index in [1.807, 2.05) is 84.1 Å². The molecule has 0 aliphatic carbocycles. The monoisotopic (exact) mass is 835 g/mol. The second-order valence-corrected chi connectivity index (χ2v) is 17.5. The molecule has 14 aromatic rings. The average Bonchev–Trinajstić information content (AvgIpc) is 4.10. The summed E-state index contributed by atoms with van der Waals surface area (Å²) >= 11 is 1.87. The Bertz CT molecular complexity index is 4140. The molecule has 298 valence electrons. The van der Waals surface area contributed by atoms with Crippen molar-refractivity contribution in [3.8, 4) is 45.5 Å². The van der Waals surface area contributed by atoms with E-state index in [1.54, 1.807) is 0 Å². The first-order valence-electron chi connectivity index (χ1n) is 21.4. The van der Waals surface area contributed by atoms with Gasteiger partial charge in [0.2, 0.25) is 0 Å². The van der Waals surface area contributed by atoms with E-state index in [9.17, 15) is 0 Å². The van der Waals surface area contributed by atoms with Crippen LogP contribution in [0.5, 0.6) is 0 Å². The quantitative estimate of drug-likeness (QED) is 0.173. The lowest BCUT2D eigenvalue weighted by Crippen LogP contribution is -2.00. The van der Waals surface area contributed by atoms with Gasteiger partial charge in [-0.2, -0.15) is 0 Å². The summed E-state index contributed by atoms with van der Waals surface area (Å²) in [4.78, 5) is 15.0. The lowest BCUT2D eigenvalue weighted by Gasteiger charge is -2.11. The highest BCUT2D eigenvalue weighted by Crippen LogP contribution is 2.42. The maximum Gasteiger partial charge on any atom is 0.164 e. The largest absolute Gasteiger partial charge is 0.456 e. The summed E-state index contributed by atoms with van der Waals surface area (Å²) < 4.78 is 13.9. The molecule has 6 nitrogen and oxygen atoms in total. The van der Waals surface area contributed by atoms with E-state index >= 15 is 0 Å². The minimum absolute atomic E-state index is 0.606. The Kier molecular flexibility index (Phi) is 7.46. The third kappa shape index (κ3) is 5.28. The Balaban J connectivity index is 0.936. The maximum atomic E-state index is 6.48. The molecular weight excluding hydrogens is 803 g/mol. The number of benzene rings is 9. The highest BCUT2D eigenvalue weighted by atomic mass is 32.1. The zero-order valence-electron chi connectivity index (χ0n) is 34.1. The second kappa shape index (κ2) is 13.6. The Morgan fingerprint density at radius 1 is 0.312 bits per heavy atom. The lowest BCUT2D eigenvalue weighted by atomic mass is 10.1. The molecule has 0 unspecified atom stereocenters. The van der Waals surface area contributed by atoms with Crippen LogP contribution in [0.25, 0.3) is 131 Å². The summed E-state index contributed by atoms with van der Waals surface area (Å²) in [7, 11) is 0. The summed E-state index contributed by atoms with van der Waals surface area (Å²) in [6.45, 7) is 0. The van der Waals surface area contributed by atoms with Crippen molar-refractivity contribution in [2.24, 2.45) is 0 Å². The smallest absolute Gasteiger partial charge is 0.164 e. The van der Waals surface area contributed by atoms with Crippen LogP contribution in [0.3, 0.4) is 0 Å². The number of hydrogen-bond acceptors (Lipinski definition) is 5. The zero-order chi connectivity index (χ0) is 41.9. The number of hydrogen-bond donors (Lipinski definition) is 0. The highest BCUT2D eigenvalue weighted by Gasteiger charge is 2.20. The van der Waals surface area contributed by atoms with Crippen LogP contribution in [0.1, 0.15) is 0 Å². The van der Waals surface area contributed by atoms with Crippen molar-refractivity contribution < 1.29 is 4.42 Å². The first kappa shape index (κ1) is 35.2. The van der Waals surface area contributed by atoms with Gasteiger partial charge in [0, 0.05) is 80.6 Å². The number of para-hydroxylation sites is 2. The van der Waals surface area contributed by atoms with Crippen LogP contribution < -0.4 is 0 Å². The standard InChI is InChI=1S/C57H33N5OS/c1-3-13-34(14-4-1)55-58-56(35-15-5-2-6-16-35)60-57(59-55)36-23-27-51-44(29-36)45-31-38(25-28-52(45)63-51)61-47-20-10-7-17-39(47)42-30-37(24-26-49(42)61)62-48-21-11-8-18-40(48)43-33-54-46(32-50(43)62)41-19-9-12-22-53(41)64-54/h1-33H. The van der Waals surface area contributed by atoms with E-state index in [0.717, 1.165) is 61.0 Å². The molecule has 9 aromatic carbocycles. The predicted molar refractivity (Wildman–Crippen MR) is 265 cm³/mol. The molecule has 0 aliphatic heterocycles. The van der Waals surface area contributed by atoms with Crippen molar-refractivity contribution in [1.82, 2.24) is 24.1 Å². The molecule has 5 heterocycles. The Morgan fingerprint density at radius 2 is 0.812 bits per heavy atom. The van der Waals surface area contributed by atoms with Gasteiger partial charge >= 0.3 is 0 Å². The van der Waals surface area contributed by atoms with Crippen molar-refractivity contribution in [1.29, 1.82) is 0 Å². The van der Waals surface area contributed by atoms with Crippen molar-refractivity contribution >= 4 is 97.1 Å². The van der Waals surface area contributed by atoms with E-state index in [-0.39, 0.29) is 0 Å². The first-order chi connectivity index (χ1) is 31.7. The number of rotatable bonds is 5. The van der Waals surface area contributed by atoms with Crippen molar-refractivity contribution in [3.63, 3.8) is 0 Å².